The maximum Gasteiger partial charge on any atom is 0.417 e. The molecule has 0 radical (unpaired) electrons. The Hall–Kier alpha value is -2.70. The lowest BCUT2D eigenvalue weighted by atomic mass is 10.0. The largest absolute Gasteiger partial charge is 0.417 e. The normalized spacial score (nSPS) is 10.5. The number of hydrogen-bond donors (Lipinski definition) is 0. The zero-order valence-electron chi connectivity index (χ0n) is 14.9. The van der Waals surface area contributed by atoms with E-state index in [1.54, 1.807) is 18.2 Å². The SMILES string of the molecule is Cc1ccc(C#Cc2ccc(C#Cc3ccc(I)cc3)c(C(F)(F)F)c2)cc1. The van der Waals surface area contributed by atoms with E-state index in [-0.39, 0.29) is 5.56 Å². The molecule has 0 unspecified atom stereocenters. The number of halogens is 4. The van der Waals surface area contributed by atoms with Gasteiger partial charge in [0.15, 0.2) is 0 Å². The fourth-order valence-corrected chi connectivity index (χ4v) is 2.78. The Morgan fingerprint density at radius 1 is 0.679 bits per heavy atom. The summed E-state index contributed by atoms with van der Waals surface area (Å²) in [6.45, 7) is 1.96. The predicted octanol–water partition coefficient (Wildman–Crippen LogP) is 6.42. The first-order chi connectivity index (χ1) is 13.3. The van der Waals surface area contributed by atoms with Crippen LogP contribution in [0.5, 0.6) is 0 Å². The van der Waals surface area contributed by atoms with Crippen LogP contribution in [0.3, 0.4) is 0 Å². The zero-order chi connectivity index (χ0) is 20.1. The van der Waals surface area contributed by atoms with Gasteiger partial charge >= 0.3 is 6.18 Å². The van der Waals surface area contributed by atoms with Crippen LogP contribution in [-0.4, -0.2) is 0 Å². The topological polar surface area (TPSA) is 0 Å². The summed E-state index contributed by atoms with van der Waals surface area (Å²) in [4.78, 5) is 0. The monoisotopic (exact) mass is 486 g/mol. The lowest BCUT2D eigenvalue weighted by Gasteiger charge is -2.09. The summed E-state index contributed by atoms with van der Waals surface area (Å²) in [5.74, 6) is 11.1. The van der Waals surface area contributed by atoms with Gasteiger partial charge in [0.2, 0.25) is 0 Å². The molecule has 0 heterocycles. The third kappa shape index (κ3) is 5.41. The van der Waals surface area contributed by atoms with E-state index in [9.17, 15) is 13.2 Å². The van der Waals surface area contributed by atoms with Gasteiger partial charge in [-0.15, -0.1) is 0 Å². The van der Waals surface area contributed by atoms with E-state index >= 15 is 0 Å². The second kappa shape index (κ2) is 8.54. The van der Waals surface area contributed by atoms with E-state index in [2.05, 4.69) is 46.3 Å². The van der Waals surface area contributed by atoms with Gasteiger partial charge in [-0.25, -0.2) is 0 Å². The third-order valence-corrected chi connectivity index (χ3v) is 4.63. The molecule has 0 saturated heterocycles. The maximum absolute atomic E-state index is 13.5. The molecule has 3 aromatic rings. The minimum absolute atomic E-state index is 0.0630. The molecule has 4 heteroatoms. The van der Waals surface area contributed by atoms with Crippen LogP contribution in [0.4, 0.5) is 13.2 Å². The first-order valence-corrected chi connectivity index (χ1v) is 9.47. The van der Waals surface area contributed by atoms with Gasteiger partial charge in [0.1, 0.15) is 0 Å². The van der Waals surface area contributed by atoms with Gasteiger partial charge in [0.05, 0.1) is 5.56 Å². The van der Waals surface area contributed by atoms with E-state index in [0.29, 0.717) is 11.1 Å². The van der Waals surface area contributed by atoms with Crippen molar-refractivity contribution in [3.63, 3.8) is 0 Å². The van der Waals surface area contributed by atoms with Crippen molar-refractivity contribution in [3.05, 3.63) is 104 Å². The van der Waals surface area contributed by atoms with Crippen molar-refractivity contribution in [2.75, 3.05) is 0 Å². The van der Waals surface area contributed by atoms with Crippen LogP contribution in [0.25, 0.3) is 0 Å². The Morgan fingerprint density at radius 2 is 1.18 bits per heavy atom. The minimum Gasteiger partial charge on any atom is -0.166 e. The van der Waals surface area contributed by atoms with Crippen LogP contribution in [0, 0.1) is 34.2 Å². The first kappa shape index (κ1) is 20.0. The Bertz CT molecular complexity index is 1100. The molecule has 0 atom stereocenters. The van der Waals surface area contributed by atoms with Gasteiger partial charge in [-0.05, 0) is 84.1 Å². The summed E-state index contributed by atoms with van der Waals surface area (Å²) in [5.41, 5.74) is 1.97. The average Bonchev–Trinajstić information content (AvgIpc) is 2.67. The number of hydrogen-bond acceptors (Lipinski definition) is 0. The fraction of sp³-hybridized carbons (Fsp3) is 0.0833. The highest BCUT2D eigenvalue weighted by Crippen LogP contribution is 2.32. The van der Waals surface area contributed by atoms with Crippen molar-refractivity contribution in [3.8, 4) is 23.7 Å². The van der Waals surface area contributed by atoms with Crippen molar-refractivity contribution in [2.45, 2.75) is 13.1 Å². The predicted molar refractivity (Wildman–Crippen MR) is 114 cm³/mol. The molecule has 0 fully saturated rings. The number of aryl methyl sites for hydroxylation is 1. The van der Waals surface area contributed by atoms with Gasteiger partial charge in [0.25, 0.3) is 0 Å². The molecule has 138 valence electrons. The van der Waals surface area contributed by atoms with Crippen LogP contribution in [0.2, 0.25) is 0 Å². The first-order valence-electron chi connectivity index (χ1n) is 8.39. The maximum atomic E-state index is 13.5. The van der Waals surface area contributed by atoms with Gasteiger partial charge < -0.3 is 0 Å². The molecule has 0 saturated carbocycles. The molecule has 0 amide bonds. The van der Waals surface area contributed by atoms with Crippen LogP contribution >= 0.6 is 22.6 Å². The van der Waals surface area contributed by atoms with Crippen LogP contribution in [-0.2, 0) is 6.18 Å². The van der Waals surface area contributed by atoms with Crippen LogP contribution < -0.4 is 0 Å². The molecular weight excluding hydrogens is 472 g/mol. The summed E-state index contributed by atoms with van der Waals surface area (Å²) in [5, 5.41) is 0. The number of alkyl halides is 3. The van der Waals surface area contributed by atoms with Crippen molar-refractivity contribution in [2.24, 2.45) is 0 Å². The molecule has 0 N–H and O–H groups in total. The molecule has 0 aliphatic rings. The summed E-state index contributed by atoms with van der Waals surface area (Å²) in [7, 11) is 0. The Balaban J connectivity index is 1.95. The van der Waals surface area contributed by atoms with E-state index in [1.807, 2.05) is 43.3 Å². The van der Waals surface area contributed by atoms with E-state index in [0.717, 1.165) is 20.8 Å². The molecule has 0 aliphatic heterocycles. The van der Waals surface area contributed by atoms with Crippen LogP contribution in [0.15, 0.2) is 66.7 Å². The molecule has 0 nitrogen and oxygen atoms in total. The molecule has 0 spiro atoms. The standard InChI is InChI=1S/C24H14F3I/c1-17-2-4-18(5-3-17)6-7-20-9-13-21(23(16-20)24(25,26)27)12-8-19-10-14-22(28)15-11-19/h2-5,9-11,13-16H,1H3. The molecule has 28 heavy (non-hydrogen) atoms. The zero-order valence-corrected chi connectivity index (χ0v) is 17.0. The van der Waals surface area contributed by atoms with Crippen molar-refractivity contribution in [1.29, 1.82) is 0 Å². The molecule has 0 aliphatic carbocycles. The van der Waals surface area contributed by atoms with Crippen LogP contribution in [0.1, 0.15) is 33.4 Å². The average molecular weight is 486 g/mol. The van der Waals surface area contributed by atoms with Crippen molar-refractivity contribution >= 4 is 22.6 Å². The highest BCUT2D eigenvalue weighted by atomic mass is 127. The fourth-order valence-electron chi connectivity index (χ4n) is 2.42. The second-order valence-corrected chi connectivity index (χ2v) is 7.38. The smallest absolute Gasteiger partial charge is 0.166 e. The lowest BCUT2D eigenvalue weighted by Crippen LogP contribution is -2.08. The minimum atomic E-state index is -4.50. The molecule has 0 aromatic heterocycles. The van der Waals surface area contributed by atoms with E-state index < -0.39 is 11.7 Å². The Kier molecular flexibility index (Phi) is 6.11. The van der Waals surface area contributed by atoms with Gasteiger partial charge in [-0.1, -0.05) is 41.4 Å². The molecule has 3 aromatic carbocycles. The Labute approximate surface area is 175 Å². The third-order valence-electron chi connectivity index (χ3n) is 3.91. The van der Waals surface area contributed by atoms with Gasteiger partial charge in [-0.3, -0.25) is 0 Å². The van der Waals surface area contributed by atoms with Crippen molar-refractivity contribution < 1.29 is 13.2 Å². The number of benzene rings is 3. The van der Waals surface area contributed by atoms with E-state index in [4.69, 9.17) is 0 Å². The lowest BCUT2D eigenvalue weighted by molar-refractivity contribution is -0.137. The molecule has 3 rings (SSSR count). The highest BCUT2D eigenvalue weighted by Gasteiger charge is 2.33. The summed E-state index contributed by atoms with van der Waals surface area (Å²) in [6, 6.07) is 18.8. The number of rotatable bonds is 0. The molecule has 0 bridgehead atoms. The summed E-state index contributed by atoms with van der Waals surface area (Å²) in [6.07, 6.45) is -4.50. The quantitative estimate of drug-likeness (QED) is 0.254. The van der Waals surface area contributed by atoms with Gasteiger partial charge in [-0.2, -0.15) is 13.2 Å². The molecular formula is C24H14F3I. The van der Waals surface area contributed by atoms with Gasteiger partial charge in [0, 0.05) is 25.8 Å². The summed E-state index contributed by atoms with van der Waals surface area (Å²) >= 11 is 2.16. The summed E-state index contributed by atoms with van der Waals surface area (Å²) < 4.78 is 41.5. The van der Waals surface area contributed by atoms with E-state index in [1.165, 1.54) is 6.07 Å². The highest BCUT2D eigenvalue weighted by molar-refractivity contribution is 14.1. The van der Waals surface area contributed by atoms with Crippen molar-refractivity contribution in [1.82, 2.24) is 0 Å². The second-order valence-electron chi connectivity index (χ2n) is 6.13. The Morgan fingerprint density at radius 3 is 1.79 bits per heavy atom.